The van der Waals surface area contributed by atoms with E-state index in [9.17, 15) is 18.4 Å². The van der Waals surface area contributed by atoms with E-state index >= 15 is 0 Å². The maximum atomic E-state index is 13.6. The van der Waals surface area contributed by atoms with Gasteiger partial charge in [0, 0.05) is 23.6 Å². The van der Waals surface area contributed by atoms with Gasteiger partial charge in [0.2, 0.25) is 5.91 Å². The molecule has 1 aliphatic carbocycles. The minimum Gasteiger partial charge on any atom is -0.435 e. The van der Waals surface area contributed by atoms with E-state index in [1.807, 2.05) is 29.0 Å². The zero-order valence-electron chi connectivity index (χ0n) is 19.0. The van der Waals surface area contributed by atoms with Crippen LogP contribution in [0.15, 0.2) is 60.9 Å². The number of alkyl halides is 2. The number of para-hydroxylation sites is 1. The first-order chi connectivity index (χ1) is 16.9. The Kier molecular flexibility index (Phi) is 6.23. The fourth-order valence-electron chi connectivity index (χ4n) is 5.06. The minimum atomic E-state index is -2.94. The van der Waals surface area contributed by atoms with E-state index in [1.54, 1.807) is 6.20 Å². The number of hydrogen-bond acceptors (Lipinski definition) is 4. The first kappa shape index (κ1) is 23.0. The molecule has 2 N–H and O–H groups in total. The number of halogens is 2. The number of ether oxygens (including phenoxy) is 1. The molecule has 5 rings (SSSR count). The first-order valence-corrected chi connectivity index (χ1v) is 11.8. The topological polar surface area (TPSA) is 85.3 Å². The summed E-state index contributed by atoms with van der Waals surface area (Å²) in [5.74, 6) is 0.0686. The van der Waals surface area contributed by atoms with Gasteiger partial charge in [-0.2, -0.15) is 8.78 Å². The van der Waals surface area contributed by atoms with Crippen LogP contribution in [0.2, 0.25) is 0 Å². The maximum Gasteiger partial charge on any atom is 0.387 e. The summed E-state index contributed by atoms with van der Waals surface area (Å²) in [6.45, 7) is -2.94. The molecule has 1 atom stereocenters. The summed E-state index contributed by atoms with van der Waals surface area (Å²) in [6, 6.07) is 13.3. The largest absolute Gasteiger partial charge is 0.435 e. The van der Waals surface area contributed by atoms with Crippen molar-refractivity contribution in [1.29, 1.82) is 0 Å². The van der Waals surface area contributed by atoms with Gasteiger partial charge < -0.3 is 19.9 Å². The number of aryl methyl sites for hydroxylation is 1. The Hall–Kier alpha value is -3.75. The van der Waals surface area contributed by atoms with Gasteiger partial charge in [-0.15, -0.1) is 0 Å². The quantitative estimate of drug-likeness (QED) is 0.550. The molecule has 0 radical (unpaired) electrons. The zero-order valence-corrected chi connectivity index (χ0v) is 19.0. The highest BCUT2D eigenvalue weighted by molar-refractivity contribution is 5.99. The van der Waals surface area contributed by atoms with Crippen molar-refractivity contribution < 1.29 is 23.1 Å². The minimum absolute atomic E-state index is 0.0327. The molecule has 1 aliphatic heterocycles. The van der Waals surface area contributed by atoms with E-state index in [0.29, 0.717) is 19.3 Å². The van der Waals surface area contributed by atoms with Crippen molar-refractivity contribution in [3.05, 3.63) is 77.9 Å². The van der Waals surface area contributed by atoms with E-state index in [0.717, 1.165) is 30.8 Å². The molecule has 0 bridgehead atoms. The van der Waals surface area contributed by atoms with E-state index in [4.69, 9.17) is 0 Å². The van der Waals surface area contributed by atoms with E-state index in [-0.39, 0.29) is 23.3 Å². The van der Waals surface area contributed by atoms with Crippen molar-refractivity contribution in [3.8, 4) is 11.4 Å². The Morgan fingerprint density at radius 2 is 1.83 bits per heavy atom. The Morgan fingerprint density at radius 1 is 1.09 bits per heavy atom. The molecule has 2 aromatic carbocycles. The molecule has 9 heteroatoms. The Balaban J connectivity index is 1.33. The average molecular weight is 481 g/mol. The molecular formula is C26H26F2N4O3. The molecule has 2 heterocycles. The standard InChI is InChI=1S/C26H26F2N4O3/c27-25(28)35-19-10-7-18(8-11-19)23(33)31-26(13-3-4-14-26)24(34)30-20-12-9-17-5-1-2-6-21(17)32-16-15-29-22(20)32/h1-2,5-8,10-11,15-16,20,25H,3-4,9,12-14H2,(H,30,34)(H,31,33). The third-order valence-electron chi connectivity index (χ3n) is 6.83. The number of nitrogens with zero attached hydrogens (tertiary/aromatic N) is 2. The number of amides is 2. The van der Waals surface area contributed by atoms with Crippen molar-refractivity contribution in [1.82, 2.24) is 20.2 Å². The van der Waals surface area contributed by atoms with Gasteiger partial charge in [0.05, 0.1) is 6.04 Å². The summed E-state index contributed by atoms with van der Waals surface area (Å²) in [5.41, 5.74) is 1.48. The SMILES string of the molecule is O=C(NC1(C(=O)NC2CCc3ccccc3-n3ccnc32)CCCC1)c1ccc(OC(F)F)cc1. The smallest absolute Gasteiger partial charge is 0.387 e. The zero-order chi connectivity index (χ0) is 24.4. The van der Waals surface area contributed by atoms with Gasteiger partial charge in [-0.25, -0.2) is 4.98 Å². The van der Waals surface area contributed by atoms with Crippen molar-refractivity contribution in [2.45, 2.75) is 56.7 Å². The van der Waals surface area contributed by atoms with Crippen molar-refractivity contribution >= 4 is 11.8 Å². The van der Waals surface area contributed by atoms with Crippen molar-refractivity contribution in [3.63, 3.8) is 0 Å². The molecule has 7 nitrogen and oxygen atoms in total. The summed E-state index contributed by atoms with van der Waals surface area (Å²) in [7, 11) is 0. The second kappa shape index (κ2) is 9.48. The number of benzene rings is 2. The molecule has 1 unspecified atom stereocenters. The fraction of sp³-hybridized carbons (Fsp3) is 0.346. The van der Waals surface area contributed by atoms with Crippen molar-refractivity contribution in [2.24, 2.45) is 0 Å². The molecule has 2 amide bonds. The van der Waals surface area contributed by atoms with Crippen molar-refractivity contribution in [2.75, 3.05) is 0 Å². The average Bonchev–Trinajstić information content (AvgIpc) is 3.50. The van der Waals surface area contributed by atoms with Crippen LogP contribution in [0.4, 0.5) is 8.78 Å². The van der Waals surface area contributed by atoms with Crippen LogP contribution in [0.3, 0.4) is 0 Å². The Labute approximate surface area is 201 Å². The molecule has 35 heavy (non-hydrogen) atoms. The predicted molar refractivity (Wildman–Crippen MR) is 125 cm³/mol. The molecule has 2 aliphatic rings. The fourth-order valence-corrected chi connectivity index (χ4v) is 5.06. The lowest BCUT2D eigenvalue weighted by Gasteiger charge is -2.31. The van der Waals surface area contributed by atoms with Crippen LogP contribution in [0, 0.1) is 0 Å². The predicted octanol–water partition coefficient (Wildman–Crippen LogP) is 4.32. The number of nitrogens with one attached hydrogen (secondary N) is 2. The number of fused-ring (bicyclic) bond motifs is 3. The van der Waals surface area contributed by atoms with Gasteiger partial charge in [0.1, 0.15) is 17.1 Å². The molecule has 0 spiro atoms. The second-order valence-electron chi connectivity index (χ2n) is 9.00. The van der Waals surface area contributed by atoms with Crippen LogP contribution in [0.25, 0.3) is 5.69 Å². The summed E-state index contributed by atoms with van der Waals surface area (Å²) >= 11 is 0. The van der Waals surface area contributed by atoms with Gasteiger partial charge in [-0.3, -0.25) is 9.59 Å². The number of imidazole rings is 1. The van der Waals surface area contributed by atoms with Crippen LogP contribution < -0.4 is 15.4 Å². The first-order valence-electron chi connectivity index (χ1n) is 11.8. The number of rotatable bonds is 6. The lowest BCUT2D eigenvalue weighted by Crippen LogP contribution is -2.57. The third kappa shape index (κ3) is 4.62. The van der Waals surface area contributed by atoms with Gasteiger partial charge in [0.15, 0.2) is 0 Å². The summed E-state index contributed by atoms with van der Waals surface area (Å²) in [6.07, 6.45) is 7.79. The highest BCUT2D eigenvalue weighted by atomic mass is 19.3. The number of aromatic nitrogens is 2. The van der Waals surface area contributed by atoms with Gasteiger partial charge in [-0.05, 0) is 61.6 Å². The summed E-state index contributed by atoms with van der Waals surface area (Å²) in [5, 5.41) is 6.11. The molecule has 1 saturated carbocycles. The molecule has 1 aromatic heterocycles. The highest BCUT2D eigenvalue weighted by Gasteiger charge is 2.43. The highest BCUT2D eigenvalue weighted by Crippen LogP contribution is 2.33. The monoisotopic (exact) mass is 480 g/mol. The molecule has 1 fully saturated rings. The molecular weight excluding hydrogens is 454 g/mol. The maximum absolute atomic E-state index is 13.6. The van der Waals surface area contributed by atoms with Crippen LogP contribution in [-0.4, -0.2) is 33.5 Å². The van der Waals surface area contributed by atoms with Crippen LogP contribution in [0.5, 0.6) is 5.75 Å². The second-order valence-corrected chi connectivity index (χ2v) is 9.00. The number of carbonyl (C=O) groups excluding carboxylic acids is 2. The van der Waals surface area contributed by atoms with Gasteiger partial charge >= 0.3 is 6.61 Å². The van der Waals surface area contributed by atoms with Crippen LogP contribution in [0.1, 0.15) is 59.9 Å². The van der Waals surface area contributed by atoms with Gasteiger partial charge in [0.25, 0.3) is 5.91 Å². The third-order valence-corrected chi connectivity index (χ3v) is 6.83. The number of carbonyl (C=O) groups is 2. The number of hydrogen-bond donors (Lipinski definition) is 2. The molecule has 182 valence electrons. The van der Waals surface area contributed by atoms with Crippen LogP contribution >= 0.6 is 0 Å². The summed E-state index contributed by atoms with van der Waals surface area (Å²) in [4.78, 5) is 31.2. The van der Waals surface area contributed by atoms with Crippen LogP contribution in [-0.2, 0) is 11.2 Å². The van der Waals surface area contributed by atoms with E-state index in [2.05, 4.69) is 26.4 Å². The van der Waals surface area contributed by atoms with E-state index < -0.39 is 18.1 Å². The van der Waals surface area contributed by atoms with Gasteiger partial charge in [-0.1, -0.05) is 31.0 Å². The van der Waals surface area contributed by atoms with E-state index in [1.165, 1.54) is 29.8 Å². The molecule has 3 aromatic rings. The summed E-state index contributed by atoms with van der Waals surface area (Å²) < 4.78 is 31.2. The lowest BCUT2D eigenvalue weighted by atomic mass is 9.94. The lowest BCUT2D eigenvalue weighted by molar-refractivity contribution is -0.128. The molecule has 0 saturated heterocycles. The Morgan fingerprint density at radius 3 is 2.57 bits per heavy atom. The normalized spacial score (nSPS) is 18.3. The Bertz CT molecular complexity index is 1220.